The molecule has 0 saturated carbocycles. The topological polar surface area (TPSA) is 76.9 Å². The summed E-state index contributed by atoms with van der Waals surface area (Å²) >= 11 is 0. The third kappa shape index (κ3) is 4.50. The van der Waals surface area contributed by atoms with E-state index in [4.69, 9.17) is 14.5 Å². The van der Waals surface area contributed by atoms with E-state index in [0.717, 1.165) is 13.1 Å². The van der Waals surface area contributed by atoms with Crippen molar-refractivity contribution in [2.45, 2.75) is 13.8 Å². The lowest BCUT2D eigenvalue weighted by Crippen LogP contribution is -2.48. The first kappa shape index (κ1) is 24.4. The first-order valence-corrected chi connectivity index (χ1v) is 12.3. The summed E-state index contributed by atoms with van der Waals surface area (Å²) < 4.78 is 11.8. The van der Waals surface area contributed by atoms with Gasteiger partial charge in [0, 0.05) is 31.9 Å². The fourth-order valence-corrected chi connectivity index (χ4v) is 4.82. The third-order valence-corrected chi connectivity index (χ3v) is 7.08. The lowest BCUT2D eigenvalue weighted by Gasteiger charge is -2.38. The molecule has 0 unspecified atom stereocenters. The molecule has 1 fully saturated rings. The normalized spacial score (nSPS) is 13.6. The molecule has 0 atom stereocenters. The highest BCUT2D eigenvalue weighted by molar-refractivity contribution is 5.94. The molecule has 4 aromatic rings. The minimum Gasteiger partial charge on any atom is -0.497 e. The monoisotopic (exact) mass is 498 g/mol. The molecule has 3 aromatic carbocycles. The Kier molecular flexibility index (Phi) is 6.56. The lowest BCUT2D eigenvalue weighted by atomic mass is 10.1. The van der Waals surface area contributed by atoms with Crippen molar-refractivity contribution < 1.29 is 14.3 Å². The zero-order valence-electron chi connectivity index (χ0n) is 21.5. The number of methoxy groups -OCH3 is 2. The number of hydrogen-bond acceptors (Lipinski definition) is 7. The second kappa shape index (κ2) is 9.97. The Labute approximate surface area is 215 Å². The van der Waals surface area contributed by atoms with Crippen molar-refractivity contribution in [2.75, 3.05) is 50.2 Å². The summed E-state index contributed by atoms with van der Waals surface area (Å²) in [5, 5.41) is 0.432. The standard InChI is InChI=1S/C29H30N4O4/c1-19-6-5-7-26(20(19)2)31-14-16-32(17-15-31)29-30-25-18-21(28(35)37-4)8-13-24(25)27(34)33(29)22-9-11-23(36-3)12-10-22/h5-13,18H,14-17H2,1-4H3. The number of rotatable bonds is 5. The number of aryl methyl sites for hydroxylation is 1. The number of aromatic nitrogens is 2. The molecule has 0 radical (unpaired) electrons. The summed E-state index contributed by atoms with van der Waals surface area (Å²) in [6.45, 7) is 7.26. The Morgan fingerprint density at radius 1 is 0.892 bits per heavy atom. The molecule has 37 heavy (non-hydrogen) atoms. The molecule has 190 valence electrons. The molecule has 1 aromatic heterocycles. The smallest absolute Gasteiger partial charge is 0.337 e. The predicted octanol–water partition coefficient (Wildman–Crippen LogP) is 4.12. The van der Waals surface area contributed by atoms with Crippen LogP contribution in [0.2, 0.25) is 0 Å². The fraction of sp³-hybridized carbons (Fsp3) is 0.276. The summed E-state index contributed by atoms with van der Waals surface area (Å²) in [5.41, 5.74) is 5.11. The van der Waals surface area contributed by atoms with Gasteiger partial charge in [-0.05, 0) is 73.5 Å². The Hall–Kier alpha value is -4.33. The van der Waals surface area contributed by atoms with E-state index in [9.17, 15) is 9.59 Å². The maximum absolute atomic E-state index is 13.8. The van der Waals surface area contributed by atoms with Crippen LogP contribution < -0.4 is 20.1 Å². The molecule has 0 amide bonds. The summed E-state index contributed by atoms with van der Waals surface area (Å²) in [7, 11) is 2.95. The van der Waals surface area contributed by atoms with E-state index in [1.54, 1.807) is 29.9 Å². The highest BCUT2D eigenvalue weighted by Crippen LogP contribution is 2.27. The molecule has 0 aliphatic carbocycles. The molecule has 2 heterocycles. The molecule has 0 spiro atoms. The van der Waals surface area contributed by atoms with Gasteiger partial charge in [0.25, 0.3) is 5.56 Å². The first-order valence-electron chi connectivity index (χ1n) is 12.3. The average Bonchev–Trinajstić information content (AvgIpc) is 2.94. The number of carbonyl (C=O) groups is 1. The number of benzene rings is 3. The number of anilines is 2. The highest BCUT2D eigenvalue weighted by atomic mass is 16.5. The van der Waals surface area contributed by atoms with Crippen LogP contribution in [0.4, 0.5) is 11.6 Å². The number of nitrogens with zero attached hydrogens (tertiary/aromatic N) is 4. The Morgan fingerprint density at radius 3 is 2.27 bits per heavy atom. The van der Waals surface area contributed by atoms with Crippen molar-refractivity contribution in [1.82, 2.24) is 9.55 Å². The van der Waals surface area contributed by atoms with Gasteiger partial charge in [-0.3, -0.25) is 4.79 Å². The average molecular weight is 499 g/mol. The van der Waals surface area contributed by atoms with E-state index < -0.39 is 5.97 Å². The summed E-state index contributed by atoms with van der Waals surface area (Å²) in [6.07, 6.45) is 0. The van der Waals surface area contributed by atoms with Gasteiger partial charge in [0.2, 0.25) is 5.95 Å². The van der Waals surface area contributed by atoms with Crippen LogP contribution in [-0.2, 0) is 4.74 Å². The molecule has 1 saturated heterocycles. The van der Waals surface area contributed by atoms with Crippen LogP contribution >= 0.6 is 0 Å². The number of carbonyl (C=O) groups excluding carboxylic acids is 1. The summed E-state index contributed by atoms with van der Waals surface area (Å²) in [4.78, 5) is 35.4. The van der Waals surface area contributed by atoms with Crippen LogP contribution in [0, 0.1) is 13.8 Å². The number of piperazine rings is 1. The van der Waals surface area contributed by atoms with Crippen LogP contribution in [0.15, 0.2) is 65.5 Å². The van der Waals surface area contributed by atoms with Crippen molar-refractivity contribution in [1.29, 1.82) is 0 Å². The second-order valence-electron chi connectivity index (χ2n) is 9.17. The minimum atomic E-state index is -0.466. The van der Waals surface area contributed by atoms with E-state index in [0.29, 0.717) is 46.9 Å². The Bertz CT molecular complexity index is 1520. The molecular weight excluding hydrogens is 468 g/mol. The summed E-state index contributed by atoms with van der Waals surface area (Å²) in [5.74, 6) is 0.786. The molecule has 0 bridgehead atoms. The van der Waals surface area contributed by atoms with Crippen LogP contribution in [0.5, 0.6) is 5.75 Å². The van der Waals surface area contributed by atoms with Gasteiger partial charge in [-0.2, -0.15) is 0 Å². The quantitative estimate of drug-likeness (QED) is 0.383. The Balaban J connectivity index is 1.58. The zero-order chi connectivity index (χ0) is 26.1. The van der Waals surface area contributed by atoms with Crippen LogP contribution in [0.3, 0.4) is 0 Å². The molecular formula is C29H30N4O4. The van der Waals surface area contributed by atoms with E-state index in [1.807, 2.05) is 24.3 Å². The zero-order valence-corrected chi connectivity index (χ0v) is 21.5. The van der Waals surface area contributed by atoms with Crippen LogP contribution in [-0.4, -0.2) is 55.9 Å². The maximum atomic E-state index is 13.8. The lowest BCUT2D eigenvalue weighted by molar-refractivity contribution is 0.0601. The van der Waals surface area contributed by atoms with Gasteiger partial charge in [0.05, 0.1) is 36.4 Å². The van der Waals surface area contributed by atoms with Crippen molar-refractivity contribution in [3.8, 4) is 11.4 Å². The van der Waals surface area contributed by atoms with E-state index in [1.165, 1.54) is 23.9 Å². The van der Waals surface area contributed by atoms with Gasteiger partial charge in [0.1, 0.15) is 5.75 Å². The van der Waals surface area contributed by atoms with Crippen molar-refractivity contribution in [3.05, 3.63) is 87.7 Å². The molecule has 8 heteroatoms. The van der Waals surface area contributed by atoms with Crippen molar-refractivity contribution >= 4 is 28.5 Å². The van der Waals surface area contributed by atoms with E-state index >= 15 is 0 Å². The SMILES string of the molecule is COC(=O)c1ccc2c(=O)n(-c3ccc(OC)cc3)c(N3CCN(c4cccc(C)c4C)CC3)nc2c1. The number of hydrogen-bond donors (Lipinski definition) is 0. The molecule has 5 rings (SSSR count). The largest absolute Gasteiger partial charge is 0.497 e. The molecule has 0 N–H and O–H groups in total. The van der Waals surface area contributed by atoms with Crippen molar-refractivity contribution in [3.63, 3.8) is 0 Å². The van der Waals surface area contributed by atoms with Gasteiger partial charge in [-0.15, -0.1) is 0 Å². The highest BCUT2D eigenvalue weighted by Gasteiger charge is 2.24. The third-order valence-electron chi connectivity index (χ3n) is 7.08. The molecule has 1 aliphatic rings. The molecule has 8 nitrogen and oxygen atoms in total. The van der Waals surface area contributed by atoms with Crippen molar-refractivity contribution in [2.24, 2.45) is 0 Å². The first-order chi connectivity index (χ1) is 17.9. The van der Waals surface area contributed by atoms with Crippen LogP contribution in [0.25, 0.3) is 16.6 Å². The minimum absolute atomic E-state index is 0.196. The fourth-order valence-electron chi connectivity index (χ4n) is 4.82. The number of esters is 1. The molecule has 1 aliphatic heterocycles. The van der Waals surface area contributed by atoms with E-state index in [-0.39, 0.29) is 5.56 Å². The van der Waals surface area contributed by atoms with Gasteiger partial charge < -0.3 is 19.3 Å². The van der Waals surface area contributed by atoms with Gasteiger partial charge in [-0.25, -0.2) is 14.3 Å². The Morgan fingerprint density at radius 2 is 1.59 bits per heavy atom. The van der Waals surface area contributed by atoms with Gasteiger partial charge in [0.15, 0.2) is 0 Å². The van der Waals surface area contributed by atoms with Crippen LogP contribution in [0.1, 0.15) is 21.5 Å². The maximum Gasteiger partial charge on any atom is 0.337 e. The van der Waals surface area contributed by atoms with Gasteiger partial charge in [-0.1, -0.05) is 12.1 Å². The van der Waals surface area contributed by atoms with Gasteiger partial charge >= 0.3 is 5.97 Å². The summed E-state index contributed by atoms with van der Waals surface area (Å²) in [6, 6.07) is 18.6. The van der Waals surface area contributed by atoms with E-state index in [2.05, 4.69) is 41.8 Å². The second-order valence-corrected chi connectivity index (χ2v) is 9.17. The number of ether oxygens (including phenoxy) is 2. The predicted molar refractivity (Wildman–Crippen MR) is 146 cm³/mol. The number of fused-ring (bicyclic) bond motifs is 1.